The van der Waals surface area contributed by atoms with E-state index in [0.717, 1.165) is 24.3 Å². The standard InChI is InChI=1S/C11H20N4OS.ClH/c1-4-5-6-9-14-15-11(17-9)13-10(16)8(2)7-12-3;/h8,12H,4-7H2,1-3H3,(H,13,15,16);1H. The van der Waals surface area contributed by atoms with Gasteiger partial charge in [0.1, 0.15) is 5.01 Å². The van der Waals surface area contributed by atoms with Crippen LogP contribution in [0.15, 0.2) is 0 Å². The maximum Gasteiger partial charge on any atom is 0.230 e. The van der Waals surface area contributed by atoms with Gasteiger partial charge in [0.25, 0.3) is 0 Å². The molecule has 7 heteroatoms. The first-order valence-electron chi connectivity index (χ1n) is 5.95. The van der Waals surface area contributed by atoms with Crippen LogP contribution in [0.4, 0.5) is 5.13 Å². The Balaban J connectivity index is 0.00000289. The highest BCUT2D eigenvalue weighted by Crippen LogP contribution is 2.17. The highest BCUT2D eigenvalue weighted by Gasteiger charge is 2.14. The average molecular weight is 293 g/mol. The van der Waals surface area contributed by atoms with E-state index in [1.807, 2.05) is 14.0 Å². The number of nitrogens with one attached hydrogen (secondary N) is 2. The molecule has 0 aromatic carbocycles. The highest BCUT2D eigenvalue weighted by molar-refractivity contribution is 7.15. The lowest BCUT2D eigenvalue weighted by Crippen LogP contribution is -2.28. The molecule has 0 aliphatic rings. The molecular formula is C11H21ClN4OS. The van der Waals surface area contributed by atoms with Crippen LogP contribution < -0.4 is 10.6 Å². The molecule has 0 saturated carbocycles. The van der Waals surface area contributed by atoms with Crippen LogP contribution in [0, 0.1) is 5.92 Å². The number of nitrogens with zero attached hydrogens (tertiary/aromatic N) is 2. The van der Waals surface area contributed by atoms with E-state index in [9.17, 15) is 4.79 Å². The summed E-state index contributed by atoms with van der Waals surface area (Å²) < 4.78 is 0. The van der Waals surface area contributed by atoms with Crippen LogP contribution >= 0.6 is 23.7 Å². The molecular weight excluding hydrogens is 272 g/mol. The Hall–Kier alpha value is -0.720. The maximum absolute atomic E-state index is 11.7. The van der Waals surface area contributed by atoms with Crippen LogP contribution in [0.5, 0.6) is 0 Å². The summed E-state index contributed by atoms with van der Waals surface area (Å²) in [7, 11) is 1.83. The summed E-state index contributed by atoms with van der Waals surface area (Å²) in [6, 6.07) is 0. The number of carbonyl (C=O) groups is 1. The van der Waals surface area contributed by atoms with Crippen LogP contribution in [0.3, 0.4) is 0 Å². The van der Waals surface area contributed by atoms with Crippen LogP contribution in [-0.2, 0) is 11.2 Å². The van der Waals surface area contributed by atoms with E-state index in [4.69, 9.17) is 0 Å². The summed E-state index contributed by atoms with van der Waals surface area (Å²) in [5, 5.41) is 15.4. The van der Waals surface area contributed by atoms with E-state index in [1.54, 1.807) is 0 Å². The molecule has 5 nitrogen and oxygen atoms in total. The average Bonchev–Trinajstić information content (AvgIpc) is 2.74. The molecule has 0 fully saturated rings. The normalized spacial score (nSPS) is 11.7. The molecule has 0 aliphatic carbocycles. The number of rotatable bonds is 7. The predicted octanol–water partition coefficient (Wildman–Crippen LogP) is 2.10. The van der Waals surface area contributed by atoms with Crippen LogP contribution in [0.1, 0.15) is 31.7 Å². The van der Waals surface area contributed by atoms with E-state index in [-0.39, 0.29) is 24.2 Å². The van der Waals surface area contributed by atoms with Gasteiger partial charge in [0, 0.05) is 18.9 Å². The van der Waals surface area contributed by atoms with Crippen molar-refractivity contribution in [2.24, 2.45) is 5.92 Å². The lowest BCUT2D eigenvalue weighted by atomic mass is 10.2. The van der Waals surface area contributed by atoms with Gasteiger partial charge in [0.15, 0.2) is 0 Å². The van der Waals surface area contributed by atoms with E-state index in [0.29, 0.717) is 11.7 Å². The smallest absolute Gasteiger partial charge is 0.230 e. The number of unbranched alkanes of at least 4 members (excludes halogenated alkanes) is 1. The minimum absolute atomic E-state index is 0. The molecule has 0 saturated heterocycles. The number of hydrogen-bond donors (Lipinski definition) is 2. The zero-order valence-electron chi connectivity index (χ0n) is 11.0. The molecule has 1 amide bonds. The third-order valence-corrected chi connectivity index (χ3v) is 3.30. The fraction of sp³-hybridized carbons (Fsp3) is 0.727. The molecule has 1 rings (SSSR count). The molecule has 0 radical (unpaired) electrons. The van der Waals surface area contributed by atoms with E-state index < -0.39 is 0 Å². The summed E-state index contributed by atoms with van der Waals surface area (Å²) in [5.41, 5.74) is 0. The molecule has 18 heavy (non-hydrogen) atoms. The largest absolute Gasteiger partial charge is 0.319 e. The van der Waals surface area contributed by atoms with Gasteiger partial charge >= 0.3 is 0 Å². The first-order valence-corrected chi connectivity index (χ1v) is 6.76. The zero-order valence-corrected chi connectivity index (χ0v) is 12.7. The second-order valence-electron chi connectivity index (χ2n) is 4.05. The van der Waals surface area contributed by atoms with Crippen molar-refractivity contribution in [1.82, 2.24) is 15.5 Å². The van der Waals surface area contributed by atoms with Crippen molar-refractivity contribution in [3.63, 3.8) is 0 Å². The second kappa shape index (κ2) is 9.24. The first-order chi connectivity index (χ1) is 8.17. The van der Waals surface area contributed by atoms with Gasteiger partial charge in [-0.3, -0.25) is 4.79 Å². The monoisotopic (exact) mass is 292 g/mol. The molecule has 104 valence electrons. The van der Waals surface area contributed by atoms with Crippen molar-refractivity contribution in [2.45, 2.75) is 33.1 Å². The molecule has 1 aromatic rings. The fourth-order valence-electron chi connectivity index (χ4n) is 1.36. The molecule has 1 aromatic heterocycles. The maximum atomic E-state index is 11.7. The number of hydrogen-bond acceptors (Lipinski definition) is 5. The minimum Gasteiger partial charge on any atom is -0.319 e. The molecule has 0 spiro atoms. The van der Waals surface area contributed by atoms with Crippen molar-refractivity contribution in [3.8, 4) is 0 Å². The SMILES string of the molecule is CCCCc1nnc(NC(=O)C(C)CNC)s1.Cl. The van der Waals surface area contributed by atoms with Gasteiger partial charge in [-0.1, -0.05) is 31.6 Å². The van der Waals surface area contributed by atoms with Gasteiger partial charge in [-0.25, -0.2) is 0 Å². The Labute approximate surface area is 118 Å². The van der Waals surface area contributed by atoms with Crippen molar-refractivity contribution >= 4 is 34.8 Å². The summed E-state index contributed by atoms with van der Waals surface area (Å²) in [6.07, 6.45) is 3.19. The third kappa shape index (κ3) is 5.75. The number of amides is 1. The summed E-state index contributed by atoms with van der Waals surface area (Å²) in [5.74, 6) is -0.0828. The van der Waals surface area contributed by atoms with Crippen molar-refractivity contribution in [3.05, 3.63) is 5.01 Å². The molecule has 1 unspecified atom stereocenters. The molecule has 0 bridgehead atoms. The summed E-state index contributed by atoms with van der Waals surface area (Å²) in [4.78, 5) is 11.7. The minimum atomic E-state index is -0.0667. The van der Waals surface area contributed by atoms with Crippen molar-refractivity contribution < 1.29 is 4.79 Å². The third-order valence-electron chi connectivity index (χ3n) is 2.40. The van der Waals surface area contributed by atoms with Crippen LogP contribution in [0.2, 0.25) is 0 Å². The van der Waals surface area contributed by atoms with Gasteiger partial charge in [0.05, 0.1) is 0 Å². The quantitative estimate of drug-likeness (QED) is 0.808. The van der Waals surface area contributed by atoms with Crippen molar-refractivity contribution in [1.29, 1.82) is 0 Å². The van der Waals surface area contributed by atoms with E-state index >= 15 is 0 Å². The van der Waals surface area contributed by atoms with Gasteiger partial charge in [-0.05, 0) is 13.5 Å². The Morgan fingerprint density at radius 2 is 2.17 bits per heavy atom. The summed E-state index contributed by atoms with van der Waals surface area (Å²) >= 11 is 1.46. The van der Waals surface area contributed by atoms with Gasteiger partial charge in [-0.15, -0.1) is 22.6 Å². The Morgan fingerprint density at radius 3 is 2.78 bits per heavy atom. The Kier molecular flexibility index (Phi) is 8.87. The summed E-state index contributed by atoms with van der Waals surface area (Å²) in [6.45, 7) is 4.68. The lowest BCUT2D eigenvalue weighted by molar-refractivity contribution is -0.119. The van der Waals surface area contributed by atoms with Gasteiger partial charge in [-0.2, -0.15) is 0 Å². The van der Waals surface area contributed by atoms with E-state index in [2.05, 4.69) is 27.8 Å². The Morgan fingerprint density at radius 1 is 1.44 bits per heavy atom. The number of carbonyl (C=O) groups excluding carboxylic acids is 1. The highest BCUT2D eigenvalue weighted by atomic mass is 35.5. The molecule has 0 aliphatic heterocycles. The Bertz CT molecular complexity index is 359. The molecule has 2 N–H and O–H groups in total. The molecule has 1 heterocycles. The van der Waals surface area contributed by atoms with Gasteiger partial charge < -0.3 is 10.6 Å². The van der Waals surface area contributed by atoms with Crippen LogP contribution in [0.25, 0.3) is 0 Å². The number of aromatic nitrogens is 2. The number of aryl methyl sites for hydroxylation is 1. The predicted molar refractivity (Wildman–Crippen MR) is 77.5 cm³/mol. The van der Waals surface area contributed by atoms with Crippen LogP contribution in [-0.4, -0.2) is 29.7 Å². The van der Waals surface area contributed by atoms with Gasteiger partial charge in [0.2, 0.25) is 11.0 Å². The fourth-order valence-corrected chi connectivity index (χ4v) is 2.15. The first kappa shape index (κ1) is 17.3. The lowest BCUT2D eigenvalue weighted by Gasteiger charge is -2.08. The molecule has 1 atom stereocenters. The second-order valence-corrected chi connectivity index (χ2v) is 5.11. The topological polar surface area (TPSA) is 66.9 Å². The van der Waals surface area contributed by atoms with E-state index in [1.165, 1.54) is 11.3 Å². The zero-order chi connectivity index (χ0) is 12.7. The number of anilines is 1. The van der Waals surface area contributed by atoms with Crippen molar-refractivity contribution in [2.75, 3.05) is 18.9 Å². The number of halogens is 1.